The largest absolute Gasteiger partial charge is 0.368 e. The molecule has 208 valence electrons. The van der Waals surface area contributed by atoms with Crippen molar-refractivity contribution in [2.75, 3.05) is 0 Å². The van der Waals surface area contributed by atoms with Crippen LogP contribution < -0.4 is 5.73 Å². The van der Waals surface area contributed by atoms with Gasteiger partial charge in [0.15, 0.2) is 5.78 Å². The monoisotopic (exact) mass is 562 g/mol. The minimum absolute atomic E-state index is 0.0697. The van der Waals surface area contributed by atoms with Crippen molar-refractivity contribution < 1.29 is 14.4 Å². The maximum absolute atomic E-state index is 14.3. The van der Waals surface area contributed by atoms with E-state index in [1.165, 1.54) is 16.2 Å². The summed E-state index contributed by atoms with van der Waals surface area (Å²) in [6.07, 6.45) is 3.79. The van der Waals surface area contributed by atoms with E-state index in [9.17, 15) is 14.4 Å². The smallest absolute Gasteiger partial charge is 0.255 e. The van der Waals surface area contributed by atoms with Crippen LogP contribution in [0.25, 0.3) is 6.08 Å². The Morgan fingerprint density at radius 1 is 0.829 bits per heavy atom. The van der Waals surface area contributed by atoms with Gasteiger partial charge >= 0.3 is 0 Å². The van der Waals surface area contributed by atoms with Gasteiger partial charge in [-0.15, -0.1) is 11.3 Å². The van der Waals surface area contributed by atoms with E-state index >= 15 is 0 Å². The van der Waals surface area contributed by atoms with Gasteiger partial charge in [-0.05, 0) is 45.7 Å². The van der Waals surface area contributed by atoms with Gasteiger partial charge < -0.3 is 10.6 Å². The maximum atomic E-state index is 14.3. The van der Waals surface area contributed by atoms with Crippen molar-refractivity contribution in [3.05, 3.63) is 136 Å². The van der Waals surface area contributed by atoms with Crippen LogP contribution in [0.15, 0.2) is 109 Å². The number of hydrogen-bond acceptors (Lipinski definition) is 4. The molecule has 4 unspecified atom stereocenters. The topological polar surface area (TPSA) is 80.5 Å². The number of carbonyl (C=O) groups excluding carboxylic acids is 3. The highest BCUT2D eigenvalue weighted by atomic mass is 32.1. The van der Waals surface area contributed by atoms with Crippen LogP contribution in [0.5, 0.6) is 0 Å². The third-order valence-corrected chi connectivity index (χ3v) is 8.66. The van der Waals surface area contributed by atoms with Gasteiger partial charge in [0, 0.05) is 11.5 Å². The van der Waals surface area contributed by atoms with E-state index in [4.69, 9.17) is 5.73 Å². The highest BCUT2D eigenvalue weighted by Crippen LogP contribution is 2.46. The molecule has 2 N–H and O–H groups in total. The molecule has 1 aliphatic rings. The first-order valence-corrected chi connectivity index (χ1v) is 14.6. The van der Waals surface area contributed by atoms with Crippen LogP contribution in [0.3, 0.4) is 0 Å². The average Bonchev–Trinajstić information content (AvgIpc) is 3.63. The van der Waals surface area contributed by atoms with Gasteiger partial charge in [0.1, 0.15) is 6.04 Å². The lowest BCUT2D eigenvalue weighted by Crippen LogP contribution is -2.48. The highest BCUT2D eigenvalue weighted by molar-refractivity contribution is 7.12. The molecule has 4 aromatic rings. The summed E-state index contributed by atoms with van der Waals surface area (Å²) in [7, 11) is 0. The van der Waals surface area contributed by atoms with Crippen LogP contribution in [-0.2, 0) is 10.2 Å². The van der Waals surface area contributed by atoms with Gasteiger partial charge in [0.25, 0.3) is 5.91 Å². The predicted octanol–water partition coefficient (Wildman–Crippen LogP) is 6.72. The molecule has 1 fully saturated rings. The number of rotatable bonds is 7. The number of nitrogens with two attached hydrogens (primary N) is 1. The first-order valence-electron chi connectivity index (χ1n) is 13.8. The molecular weight excluding hydrogens is 528 g/mol. The number of carbonyl (C=O) groups is 3. The van der Waals surface area contributed by atoms with E-state index < -0.39 is 29.8 Å². The van der Waals surface area contributed by atoms with Crippen molar-refractivity contribution >= 4 is 35.0 Å². The number of likely N-dealkylation sites (tertiary alicyclic amines) is 1. The Morgan fingerprint density at radius 2 is 1.46 bits per heavy atom. The summed E-state index contributed by atoms with van der Waals surface area (Å²) in [6, 6.07) is 28.5. The second-order valence-corrected chi connectivity index (χ2v) is 12.4. The van der Waals surface area contributed by atoms with E-state index in [0.717, 1.165) is 16.7 Å². The van der Waals surface area contributed by atoms with Crippen LogP contribution in [0.4, 0.5) is 0 Å². The number of primary amides is 1. The average molecular weight is 563 g/mol. The van der Waals surface area contributed by atoms with Crippen molar-refractivity contribution in [2.24, 2.45) is 11.7 Å². The van der Waals surface area contributed by atoms with E-state index in [0.29, 0.717) is 10.4 Å². The molecule has 41 heavy (non-hydrogen) atoms. The molecule has 2 amide bonds. The molecule has 5 rings (SSSR count). The number of benzene rings is 3. The van der Waals surface area contributed by atoms with Crippen molar-refractivity contribution in [2.45, 2.75) is 44.2 Å². The van der Waals surface area contributed by atoms with Crippen LogP contribution in [-0.4, -0.2) is 34.6 Å². The Kier molecular flexibility index (Phi) is 8.04. The molecule has 5 nitrogen and oxygen atoms in total. The van der Waals surface area contributed by atoms with Gasteiger partial charge in [0.2, 0.25) is 5.91 Å². The van der Waals surface area contributed by atoms with Crippen molar-refractivity contribution in [1.82, 2.24) is 4.90 Å². The fraction of sp³-hybridized carbons (Fsp3) is 0.229. The number of hydrogen-bond donors (Lipinski definition) is 1. The van der Waals surface area contributed by atoms with Gasteiger partial charge in [-0.25, -0.2) is 0 Å². The highest BCUT2D eigenvalue weighted by Gasteiger charge is 2.55. The van der Waals surface area contributed by atoms with Crippen LogP contribution >= 0.6 is 11.3 Å². The SMILES string of the molecule is CC(C)(C)c1ccc(C2C(C(=O)c3cccs3)C(C=Cc3ccccc3)N(C(=O)c3ccccc3)C2C(N)=O)cc1. The minimum atomic E-state index is -1.03. The summed E-state index contributed by atoms with van der Waals surface area (Å²) in [4.78, 5) is 43.9. The second-order valence-electron chi connectivity index (χ2n) is 11.5. The standard InChI is InChI=1S/C35H34N2O3S/c1-35(2,3)26-19-17-24(18-20-26)29-30(32(38)28-15-10-22-41-28)27(21-16-23-11-6-4-7-12-23)37(31(29)33(36)39)34(40)25-13-8-5-9-14-25/h4-22,27,29-31H,1-3H3,(H2,36,39). The quantitative estimate of drug-likeness (QED) is 0.254. The second kappa shape index (κ2) is 11.7. The summed E-state index contributed by atoms with van der Waals surface area (Å²) in [6.45, 7) is 6.41. The lowest BCUT2D eigenvalue weighted by atomic mass is 9.77. The fourth-order valence-electron chi connectivity index (χ4n) is 5.73. The molecule has 1 aromatic heterocycles. The van der Waals surface area contributed by atoms with E-state index in [1.54, 1.807) is 30.3 Å². The lowest BCUT2D eigenvalue weighted by Gasteiger charge is -2.29. The zero-order valence-electron chi connectivity index (χ0n) is 23.4. The number of amides is 2. The molecule has 0 bridgehead atoms. The molecule has 4 atom stereocenters. The van der Waals surface area contributed by atoms with Gasteiger partial charge in [0.05, 0.1) is 16.8 Å². The summed E-state index contributed by atoms with van der Waals surface area (Å²) in [5.41, 5.74) is 9.34. The van der Waals surface area contributed by atoms with Crippen molar-refractivity contribution in [3.8, 4) is 0 Å². The first kappa shape index (κ1) is 28.2. The van der Waals surface area contributed by atoms with Crippen LogP contribution in [0.1, 0.15) is 63.4 Å². The van der Waals surface area contributed by atoms with E-state index in [1.807, 2.05) is 84.3 Å². The Labute approximate surface area is 245 Å². The van der Waals surface area contributed by atoms with Crippen LogP contribution in [0.2, 0.25) is 0 Å². The van der Waals surface area contributed by atoms with Crippen LogP contribution in [0, 0.1) is 5.92 Å². The Hall–Kier alpha value is -4.29. The molecule has 0 aliphatic carbocycles. The summed E-state index contributed by atoms with van der Waals surface area (Å²) < 4.78 is 0. The molecule has 0 radical (unpaired) electrons. The zero-order chi connectivity index (χ0) is 29.1. The molecule has 3 aromatic carbocycles. The number of nitrogens with zero attached hydrogens (tertiary/aromatic N) is 1. The first-order chi connectivity index (χ1) is 19.7. The fourth-order valence-corrected chi connectivity index (χ4v) is 6.44. The van der Waals surface area contributed by atoms with Gasteiger partial charge in [-0.3, -0.25) is 14.4 Å². The Morgan fingerprint density at radius 3 is 2.02 bits per heavy atom. The van der Waals surface area contributed by atoms with Gasteiger partial charge in [-0.1, -0.05) is 112 Å². The molecular formula is C35H34N2O3S. The molecule has 0 spiro atoms. The van der Waals surface area contributed by atoms with Crippen molar-refractivity contribution in [3.63, 3.8) is 0 Å². The maximum Gasteiger partial charge on any atom is 0.255 e. The molecule has 0 saturated carbocycles. The number of ketones is 1. The third-order valence-electron chi connectivity index (χ3n) is 7.78. The normalized spacial score (nSPS) is 20.8. The zero-order valence-corrected chi connectivity index (χ0v) is 24.3. The van der Waals surface area contributed by atoms with Gasteiger partial charge in [-0.2, -0.15) is 0 Å². The lowest BCUT2D eigenvalue weighted by molar-refractivity contribution is -0.122. The van der Waals surface area contributed by atoms with E-state index in [2.05, 4.69) is 20.8 Å². The minimum Gasteiger partial charge on any atom is -0.368 e. The summed E-state index contributed by atoms with van der Waals surface area (Å²) in [5.74, 6) is -2.44. The predicted molar refractivity (Wildman–Crippen MR) is 165 cm³/mol. The third kappa shape index (κ3) is 5.79. The Balaban J connectivity index is 1.71. The van der Waals surface area contributed by atoms with E-state index in [-0.39, 0.29) is 17.1 Å². The molecule has 2 heterocycles. The molecule has 1 saturated heterocycles. The summed E-state index contributed by atoms with van der Waals surface area (Å²) in [5, 5.41) is 1.86. The number of Topliss-reactive ketones (excluding diaryl/α,β-unsaturated/α-hetero) is 1. The Bertz CT molecular complexity index is 1540. The molecule has 1 aliphatic heterocycles. The summed E-state index contributed by atoms with van der Waals surface area (Å²) >= 11 is 1.36. The number of thiophene rings is 1. The van der Waals surface area contributed by atoms with Crippen molar-refractivity contribution in [1.29, 1.82) is 0 Å². The molecule has 6 heteroatoms.